The monoisotopic (exact) mass is 218 g/mol. The zero-order chi connectivity index (χ0) is 11.4. The third-order valence-corrected chi connectivity index (χ3v) is 1.43. The number of hydrogen-bond acceptors (Lipinski definition) is 5. The van der Waals surface area contributed by atoms with E-state index < -0.39 is 6.29 Å². The lowest BCUT2D eigenvalue weighted by Crippen LogP contribution is -2.26. The molecule has 15 heavy (non-hydrogen) atoms. The van der Waals surface area contributed by atoms with Crippen LogP contribution in [0.5, 0.6) is 0 Å². The Labute approximate surface area is 89.1 Å². The lowest BCUT2D eigenvalue weighted by Gasteiger charge is -2.17. The normalized spacial score (nSPS) is 12.1. The second-order valence-corrected chi connectivity index (χ2v) is 2.57. The van der Waals surface area contributed by atoms with Crippen molar-refractivity contribution in [3.8, 4) is 0 Å². The zero-order valence-electron chi connectivity index (χ0n) is 8.96. The van der Waals surface area contributed by atoms with E-state index in [4.69, 9.17) is 25.5 Å². The van der Waals surface area contributed by atoms with E-state index in [1.807, 2.05) is 6.92 Å². The van der Waals surface area contributed by atoms with E-state index >= 15 is 0 Å². The van der Waals surface area contributed by atoms with Crippen molar-refractivity contribution in [2.24, 2.45) is 10.8 Å². The summed E-state index contributed by atoms with van der Waals surface area (Å²) in [6, 6.07) is 0. The van der Waals surface area contributed by atoms with Gasteiger partial charge in [-0.2, -0.15) is 0 Å². The second-order valence-electron chi connectivity index (χ2n) is 2.57. The van der Waals surface area contributed by atoms with E-state index in [1.165, 1.54) is 0 Å². The minimum Gasteiger partial charge on any atom is -0.375 e. The summed E-state index contributed by atoms with van der Waals surface area (Å²) < 4.78 is 15.7. The van der Waals surface area contributed by atoms with Gasteiger partial charge in [0.2, 0.25) is 0 Å². The Bertz CT molecular complexity index is 185. The molecule has 0 rings (SSSR count). The minimum absolute atomic E-state index is 0.289. The first kappa shape index (κ1) is 14.2. The van der Waals surface area contributed by atoms with Crippen LogP contribution in [-0.4, -0.2) is 45.8 Å². The average Bonchev–Trinajstić information content (AvgIpc) is 2.24. The molecule has 2 N–H and O–H groups in total. The van der Waals surface area contributed by atoms with Crippen molar-refractivity contribution in [2.75, 3.05) is 39.5 Å². The van der Waals surface area contributed by atoms with Gasteiger partial charge in [-0.15, -0.1) is 0 Å². The van der Waals surface area contributed by atoms with Crippen molar-refractivity contribution in [1.29, 1.82) is 0 Å². The van der Waals surface area contributed by atoms with Crippen molar-refractivity contribution in [1.82, 2.24) is 0 Å². The first-order chi connectivity index (χ1) is 7.35. The van der Waals surface area contributed by atoms with Gasteiger partial charge in [0.1, 0.15) is 0 Å². The number of azide groups is 1. The van der Waals surface area contributed by atoms with Crippen molar-refractivity contribution >= 4 is 0 Å². The van der Waals surface area contributed by atoms with Crippen LogP contribution in [0.1, 0.15) is 6.92 Å². The Morgan fingerprint density at radius 2 is 2.20 bits per heavy atom. The molecule has 0 spiro atoms. The van der Waals surface area contributed by atoms with Gasteiger partial charge in [0.25, 0.3) is 0 Å². The van der Waals surface area contributed by atoms with Crippen LogP contribution in [0.2, 0.25) is 0 Å². The fourth-order valence-electron chi connectivity index (χ4n) is 0.863. The van der Waals surface area contributed by atoms with Gasteiger partial charge >= 0.3 is 0 Å². The van der Waals surface area contributed by atoms with Gasteiger partial charge in [0.15, 0.2) is 6.29 Å². The molecular weight excluding hydrogens is 200 g/mol. The highest BCUT2D eigenvalue weighted by atomic mass is 16.7. The predicted molar refractivity (Wildman–Crippen MR) is 55.3 cm³/mol. The van der Waals surface area contributed by atoms with Crippen molar-refractivity contribution < 1.29 is 14.2 Å². The van der Waals surface area contributed by atoms with Gasteiger partial charge in [0, 0.05) is 24.6 Å². The van der Waals surface area contributed by atoms with E-state index in [0.29, 0.717) is 33.0 Å². The minimum atomic E-state index is -0.421. The maximum atomic E-state index is 8.04. The molecule has 0 aliphatic heterocycles. The van der Waals surface area contributed by atoms with Crippen molar-refractivity contribution in [3.63, 3.8) is 0 Å². The fraction of sp³-hybridized carbons (Fsp3) is 1.00. The molecule has 0 aliphatic rings. The second kappa shape index (κ2) is 11.2. The number of ether oxygens (including phenoxy) is 3. The van der Waals surface area contributed by atoms with Gasteiger partial charge in [-0.1, -0.05) is 5.11 Å². The molecule has 0 saturated heterocycles. The molecule has 7 heteroatoms. The summed E-state index contributed by atoms with van der Waals surface area (Å²) in [5.41, 5.74) is 13.3. The Morgan fingerprint density at radius 1 is 1.40 bits per heavy atom. The third kappa shape index (κ3) is 9.45. The highest BCUT2D eigenvalue weighted by Gasteiger charge is 2.07. The molecular formula is C8H18N4O3. The van der Waals surface area contributed by atoms with Crippen molar-refractivity contribution in [3.05, 3.63) is 10.4 Å². The lowest BCUT2D eigenvalue weighted by atomic mass is 10.6. The first-order valence-corrected chi connectivity index (χ1v) is 4.87. The standard InChI is InChI=1S/C8H18N4O3/c1-2-14-8(7-13-5-3-9)15-6-4-11-12-10/h8H,2-7,9H2,1H3. The molecule has 1 unspecified atom stereocenters. The summed E-state index contributed by atoms with van der Waals surface area (Å²) in [6.07, 6.45) is -0.421. The van der Waals surface area contributed by atoms with Crippen LogP contribution in [0.4, 0.5) is 0 Å². The molecule has 0 aliphatic carbocycles. The number of nitrogens with zero attached hydrogens (tertiary/aromatic N) is 3. The Kier molecular flexibility index (Phi) is 10.6. The van der Waals surface area contributed by atoms with Crippen LogP contribution in [-0.2, 0) is 14.2 Å². The number of nitrogens with two attached hydrogens (primary N) is 1. The maximum absolute atomic E-state index is 8.04. The van der Waals surface area contributed by atoms with Crippen molar-refractivity contribution in [2.45, 2.75) is 13.2 Å². The largest absolute Gasteiger partial charge is 0.375 e. The van der Waals surface area contributed by atoms with Gasteiger partial charge in [-0.25, -0.2) is 0 Å². The van der Waals surface area contributed by atoms with Crippen LogP contribution >= 0.6 is 0 Å². The fourth-order valence-corrected chi connectivity index (χ4v) is 0.863. The van der Waals surface area contributed by atoms with Crippen LogP contribution in [0, 0.1) is 0 Å². The van der Waals surface area contributed by atoms with Gasteiger partial charge in [-0.05, 0) is 12.5 Å². The van der Waals surface area contributed by atoms with Crippen LogP contribution in [0.3, 0.4) is 0 Å². The molecule has 0 aromatic carbocycles. The van der Waals surface area contributed by atoms with E-state index in [1.54, 1.807) is 0 Å². The molecule has 0 aromatic heterocycles. The molecule has 0 radical (unpaired) electrons. The summed E-state index contributed by atoms with van der Waals surface area (Å²) in [5.74, 6) is 0. The maximum Gasteiger partial charge on any atom is 0.180 e. The molecule has 88 valence electrons. The topological polar surface area (TPSA) is 102 Å². The highest BCUT2D eigenvalue weighted by molar-refractivity contribution is 4.47. The summed E-state index contributed by atoms with van der Waals surface area (Å²) in [5, 5.41) is 3.34. The smallest absolute Gasteiger partial charge is 0.180 e. The quantitative estimate of drug-likeness (QED) is 0.191. The Balaban J connectivity index is 3.57. The Hall–Kier alpha value is -0.850. The molecule has 0 heterocycles. The van der Waals surface area contributed by atoms with E-state index in [9.17, 15) is 0 Å². The summed E-state index contributed by atoms with van der Waals surface area (Å²) in [7, 11) is 0. The first-order valence-electron chi connectivity index (χ1n) is 4.87. The molecule has 0 aromatic rings. The van der Waals surface area contributed by atoms with Crippen LogP contribution in [0.25, 0.3) is 10.4 Å². The Morgan fingerprint density at radius 3 is 2.80 bits per heavy atom. The van der Waals surface area contributed by atoms with Crippen LogP contribution < -0.4 is 5.73 Å². The van der Waals surface area contributed by atoms with E-state index in [2.05, 4.69) is 10.0 Å². The van der Waals surface area contributed by atoms with Gasteiger partial charge in [-0.3, -0.25) is 0 Å². The summed E-state index contributed by atoms with van der Waals surface area (Å²) in [4.78, 5) is 2.61. The molecule has 1 atom stereocenters. The molecule has 0 fully saturated rings. The molecule has 0 amide bonds. The zero-order valence-corrected chi connectivity index (χ0v) is 8.96. The highest BCUT2D eigenvalue weighted by Crippen LogP contribution is 1.96. The van der Waals surface area contributed by atoms with Gasteiger partial charge in [0.05, 0.1) is 19.8 Å². The predicted octanol–water partition coefficient (Wildman–Crippen LogP) is 0.651. The van der Waals surface area contributed by atoms with Crippen LogP contribution in [0.15, 0.2) is 5.11 Å². The molecule has 0 bridgehead atoms. The summed E-state index contributed by atoms with van der Waals surface area (Å²) in [6.45, 7) is 4.30. The molecule has 7 nitrogen and oxygen atoms in total. The number of hydrogen-bond donors (Lipinski definition) is 1. The SMILES string of the molecule is CCOC(COCCN)OCCN=[N+]=[N-]. The average molecular weight is 218 g/mol. The van der Waals surface area contributed by atoms with E-state index in [0.717, 1.165) is 0 Å². The lowest BCUT2D eigenvalue weighted by molar-refractivity contribution is -0.167. The number of rotatable bonds is 10. The third-order valence-electron chi connectivity index (χ3n) is 1.43. The summed E-state index contributed by atoms with van der Waals surface area (Å²) >= 11 is 0. The van der Waals surface area contributed by atoms with E-state index in [-0.39, 0.29) is 6.54 Å². The molecule has 0 saturated carbocycles. The van der Waals surface area contributed by atoms with Gasteiger partial charge < -0.3 is 19.9 Å².